The zero-order valence-electron chi connectivity index (χ0n) is 10.1. The maximum atomic E-state index is 6.25. The molecule has 20 heavy (non-hydrogen) atoms. The lowest BCUT2D eigenvalue weighted by atomic mass is 10.2. The summed E-state index contributed by atoms with van der Waals surface area (Å²) >= 11 is 18.4. The first-order chi connectivity index (χ1) is 9.68. The highest BCUT2D eigenvalue weighted by atomic mass is 35.5. The van der Waals surface area contributed by atoms with E-state index in [0.717, 1.165) is 5.56 Å². The molecule has 2 aromatic carbocycles. The number of halogens is 3. The summed E-state index contributed by atoms with van der Waals surface area (Å²) in [6, 6.07) is 14.9. The van der Waals surface area contributed by atoms with E-state index >= 15 is 0 Å². The Morgan fingerprint density at radius 3 is 2.30 bits per heavy atom. The molecule has 0 fully saturated rings. The Hall–Kier alpha value is -1.55. The van der Waals surface area contributed by atoms with Crippen LogP contribution in [0.5, 0.6) is 0 Å². The Morgan fingerprint density at radius 2 is 1.55 bits per heavy atom. The third kappa shape index (κ3) is 2.29. The van der Waals surface area contributed by atoms with Crippen molar-refractivity contribution in [2.75, 3.05) is 0 Å². The summed E-state index contributed by atoms with van der Waals surface area (Å²) in [5.41, 5.74) is 1.54. The molecule has 0 atom stereocenters. The van der Waals surface area contributed by atoms with Gasteiger partial charge in [0.1, 0.15) is 0 Å². The van der Waals surface area contributed by atoms with Crippen LogP contribution >= 0.6 is 34.8 Å². The predicted molar refractivity (Wildman–Crippen MR) is 81.8 cm³/mol. The molecule has 100 valence electrons. The standard InChI is InChI=1S/C14H8Cl3N3/c15-10-7-4-8-11(12(10)16)20-13(18-19-14(20)17)9-5-2-1-3-6-9/h1-8H. The van der Waals surface area contributed by atoms with Gasteiger partial charge in [0.2, 0.25) is 5.28 Å². The molecule has 0 saturated heterocycles. The van der Waals surface area contributed by atoms with Crippen molar-refractivity contribution in [3.63, 3.8) is 0 Å². The van der Waals surface area contributed by atoms with Crippen LogP contribution in [0.4, 0.5) is 0 Å². The Balaban J connectivity index is 2.25. The van der Waals surface area contributed by atoms with Crippen LogP contribution in [0.1, 0.15) is 0 Å². The Bertz CT molecular complexity index is 754. The second-order valence-electron chi connectivity index (χ2n) is 4.07. The van der Waals surface area contributed by atoms with E-state index in [9.17, 15) is 0 Å². The molecule has 0 aliphatic carbocycles. The van der Waals surface area contributed by atoms with Crippen LogP contribution in [-0.2, 0) is 0 Å². The van der Waals surface area contributed by atoms with Gasteiger partial charge >= 0.3 is 0 Å². The van der Waals surface area contributed by atoms with Gasteiger partial charge in [0.25, 0.3) is 0 Å². The van der Waals surface area contributed by atoms with Gasteiger partial charge < -0.3 is 0 Å². The topological polar surface area (TPSA) is 30.7 Å². The van der Waals surface area contributed by atoms with Crippen molar-refractivity contribution in [2.24, 2.45) is 0 Å². The minimum absolute atomic E-state index is 0.230. The molecule has 3 nitrogen and oxygen atoms in total. The molecule has 1 aromatic heterocycles. The fourth-order valence-electron chi connectivity index (χ4n) is 1.92. The molecule has 3 aromatic rings. The Morgan fingerprint density at radius 1 is 0.800 bits per heavy atom. The summed E-state index contributed by atoms with van der Waals surface area (Å²) in [5, 5.41) is 9.12. The number of nitrogens with zero attached hydrogens (tertiary/aromatic N) is 3. The molecular weight excluding hydrogens is 317 g/mol. The van der Waals surface area contributed by atoms with Gasteiger partial charge in [-0.3, -0.25) is 4.57 Å². The van der Waals surface area contributed by atoms with E-state index in [1.807, 2.05) is 36.4 Å². The molecular formula is C14H8Cl3N3. The summed E-state index contributed by atoms with van der Waals surface area (Å²) in [7, 11) is 0. The van der Waals surface area contributed by atoms with Crippen LogP contribution in [0.3, 0.4) is 0 Å². The van der Waals surface area contributed by atoms with Crippen molar-refractivity contribution in [3.05, 3.63) is 63.9 Å². The van der Waals surface area contributed by atoms with Gasteiger partial charge in [-0.05, 0) is 23.7 Å². The van der Waals surface area contributed by atoms with E-state index in [1.165, 1.54) is 0 Å². The molecule has 0 aliphatic rings. The zero-order chi connectivity index (χ0) is 14.1. The molecule has 0 saturated carbocycles. The number of aromatic nitrogens is 3. The van der Waals surface area contributed by atoms with E-state index in [2.05, 4.69) is 10.2 Å². The SMILES string of the molecule is Clc1cccc(-n2c(Cl)nnc2-c2ccccc2)c1Cl. The van der Waals surface area contributed by atoms with Gasteiger partial charge in [-0.1, -0.05) is 59.6 Å². The zero-order valence-corrected chi connectivity index (χ0v) is 12.4. The number of hydrogen-bond acceptors (Lipinski definition) is 2. The molecule has 6 heteroatoms. The molecule has 0 bridgehead atoms. The van der Waals surface area contributed by atoms with Crippen molar-refractivity contribution in [3.8, 4) is 17.1 Å². The number of benzene rings is 2. The lowest BCUT2D eigenvalue weighted by Crippen LogP contribution is -1.99. The van der Waals surface area contributed by atoms with Gasteiger partial charge in [-0.15, -0.1) is 10.2 Å². The average Bonchev–Trinajstić information content (AvgIpc) is 2.85. The van der Waals surface area contributed by atoms with Crippen LogP contribution in [0.2, 0.25) is 15.3 Å². The highest BCUT2D eigenvalue weighted by Gasteiger charge is 2.17. The third-order valence-corrected chi connectivity index (χ3v) is 3.88. The van der Waals surface area contributed by atoms with Gasteiger partial charge in [-0.2, -0.15) is 0 Å². The molecule has 0 spiro atoms. The summed E-state index contributed by atoms with van der Waals surface area (Å²) < 4.78 is 1.67. The molecule has 0 radical (unpaired) electrons. The van der Waals surface area contributed by atoms with E-state index < -0.39 is 0 Å². The lowest BCUT2D eigenvalue weighted by Gasteiger charge is -2.10. The first-order valence-corrected chi connectivity index (χ1v) is 6.92. The quantitative estimate of drug-likeness (QED) is 0.671. The van der Waals surface area contributed by atoms with Crippen molar-refractivity contribution >= 4 is 34.8 Å². The van der Waals surface area contributed by atoms with Gasteiger partial charge in [-0.25, -0.2) is 0 Å². The van der Waals surface area contributed by atoms with Gasteiger partial charge in [0, 0.05) is 5.56 Å². The van der Waals surface area contributed by atoms with Crippen LogP contribution in [0.15, 0.2) is 48.5 Å². The van der Waals surface area contributed by atoms with Crippen LogP contribution < -0.4 is 0 Å². The highest BCUT2D eigenvalue weighted by molar-refractivity contribution is 6.43. The minimum Gasteiger partial charge on any atom is -0.264 e. The average molecular weight is 325 g/mol. The second-order valence-corrected chi connectivity index (χ2v) is 5.19. The molecule has 0 amide bonds. The summed E-state index contributed by atoms with van der Waals surface area (Å²) in [6.45, 7) is 0. The van der Waals surface area contributed by atoms with Crippen molar-refractivity contribution in [1.82, 2.24) is 14.8 Å². The van der Waals surface area contributed by atoms with Crippen molar-refractivity contribution in [2.45, 2.75) is 0 Å². The predicted octanol–water partition coefficient (Wildman–Crippen LogP) is 4.89. The maximum Gasteiger partial charge on any atom is 0.229 e. The minimum atomic E-state index is 0.230. The van der Waals surface area contributed by atoms with Crippen LogP contribution in [0, 0.1) is 0 Å². The first-order valence-electron chi connectivity index (χ1n) is 5.79. The molecule has 1 heterocycles. The van der Waals surface area contributed by atoms with Crippen LogP contribution in [-0.4, -0.2) is 14.8 Å². The lowest BCUT2D eigenvalue weighted by molar-refractivity contribution is 1.06. The summed E-state index contributed by atoms with van der Waals surface area (Å²) in [4.78, 5) is 0. The Labute approximate surface area is 130 Å². The largest absolute Gasteiger partial charge is 0.264 e. The monoisotopic (exact) mass is 323 g/mol. The van der Waals surface area contributed by atoms with E-state index in [4.69, 9.17) is 34.8 Å². The fraction of sp³-hybridized carbons (Fsp3) is 0. The highest BCUT2D eigenvalue weighted by Crippen LogP contribution is 2.33. The maximum absolute atomic E-state index is 6.25. The second kappa shape index (κ2) is 5.44. The summed E-state index contributed by atoms with van der Waals surface area (Å²) in [5.74, 6) is 0.611. The van der Waals surface area contributed by atoms with Crippen LogP contribution in [0.25, 0.3) is 17.1 Å². The first kappa shape index (κ1) is 13.4. The Kier molecular flexibility index (Phi) is 3.66. The smallest absolute Gasteiger partial charge is 0.229 e. The summed E-state index contributed by atoms with van der Waals surface area (Å²) in [6.07, 6.45) is 0. The molecule has 0 aliphatic heterocycles. The number of hydrogen-bond donors (Lipinski definition) is 0. The molecule has 0 N–H and O–H groups in total. The van der Waals surface area contributed by atoms with Gasteiger partial charge in [0.15, 0.2) is 5.82 Å². The van der Waals surface area contributed by atoms with Crippen molar-refractivity contribution < 1.29 is 0 Å². The number of rotatable bonds is 2. The fourth-order valence-corrected chi connectivity index (χ4v) is 2.51. The third-order valence-electron chi connectivity index (χ3n) is 2.83. The van der Waals surface area contributed by atoms with Crippen molar-refractivity contribution in [1.29, 1.82) is 0 Å². The van der Waals surface area contributed by atoms with E-state index in [-0.39, 0.29) is 5.28 Å². The molecule has 3 rings (SSSR count). The van der Waals surface area contributed by atoms with E-state index in [0.29, 0.717) is 21.6 Å². The molecule has 0 unspecified atom stereocenters. The normalized spacial score (nSPS) is 10.8. The van der Waals surface area contributed by atoms with E-state index in [1.54, 1.807) is 16.7 Å². The van der Waals surface area contributed by atoms with Gasteiger partial charge in [0.05, 0.1) is 15.7 Å².